The molecule has 0 aliphatic rings. The lowest BCUT2D eigenvalue weighted by molar-refractivity contribution is -0.0268. The van der Waals surface area contributed by atoms with Crippen molar-refractivity contribution >= 4 is 0 Å². The second kappa shape index (κ2) is 10.9. The van der Waals surface area contributed by atoms with Crippen LogP contribution in [0.4, 0.5) is 0 Å². The third-order valence-corrected chi connectivity index (χ3v) is 1.02. The van der Waals surface area contributed by atoms with Crippen LogP contribution in [0, 0.1) is 0 Å². The molecule has 0 amide bonds. The molecule has 0 heterocycles. The van der Waals surface area contributed by atoms with E-state index >= 15 is 0 Å². The lowest BCUT2D eigenvalue weighted by Gasteiger charge is -2.12. The molecule has 12 heavy (non-hydrogen) atoms. The highest BCUT2D eigenvalue weighted by Gasteiger charge is 2.02. The van der Waals surface area contributed by atoms with E-state index in [1.54, 1.807) is 14.0 Å². The maximum Gasteiger partial charge on any atom is 0.0781 e. The SMILES string of the molecule is C.C.COCC(C)OCC(C)O. The summed E-state index contributed by atoms with van der Waals surface area (Å²) in [6, 6.07) is 0. The average Bonchev–Trinajstić information content (AvgIpc) is 1.85. The van der Waals surface area contributed by atoms with Crippen LogP contribution in [0.25, 0.3) is 0 Å². The smallest absolute Gasteiger partial charge is 0.0781 e. The van der Waals surface area contributed by atoms with Crippen LogP contribution < -0.4 is 0 Å². The van der Waals surface area contributed by atoms with Gasteiger partial charge in [0.2, 0.25) is 0 Å². The summed E-state index contributed by atoms with van der Waals surface area (Å²) in [4.78, 5) is 0. The molecule has 0 aromatic rings. The Labute approximate surface area is 76.7 Å². The Bertz CT molecular complexity index is 74.2. The number of aliphatic hydroxyl groups excluding tert-OH is 1. The molecule has 0 fully saturated rings. The van der Waals surface area contributed by atoms with Gasteiger partial charge >= 0.3 is 0 Å². The highest BCUT2D eigenvalue weighted by Crippen LogP contribution is 1.92. The zero-order valence-electron chi connectivity index (χ0n) is 6.83. The number of hydrogen-bond acceptors (Lipinski definition) is 3. The minimum atomic E-state index is -0.390. The Morgan fingerprint density at radius 1 is 1.17 bits per heavy atom. The molecule has 2 unspecified atom stereocenters. The van der Waals surface area contributed by atoms with Gasteiger partial charge < -0.3 is 14.6 Å². The summed E-state index contributed by atoms with van der Waals surface area (Å²) in [5.41, 5.74) is 0. The number of methoxy groups -OCH3 is 1. The van der Waals surface area contributed by atoms with Crippen molar-refractivity contribution in [3.8, 4) is 0 Å². The molecule has 0 aliphatic heterocycles. The Morgan fingerprint density at radius 2 is 1.67 bits per heavy atom. The molecule has 0 saturated heterocycles. The molecule has 3 nitrogen and oxygen atoms in total. The van der Waals surface area contributed by atoms with E-state index < -0.39 is 0 Å². The van der Waals surface area contributed by atoms with Crippen LogP contribution in [0.1, 0.15) is 28.7 Å². The van der Waals surface area contributed by atoms with E-state index in [0.717, 1.165) is 0 Å². The van der Waals surface area contributed by atoms with Crippen LogP contribution in [0.5, 0.6) is 0 Å². The fourth-order valence-electron chi connectivity index (χ4n) is 0.586. The van der Waals surface area contributed by atoms with E-state index in [0.29, 0.717) is 13.2 Å². The third kappa shape index (κ3) is 12.5. The van der Waals surface area contributed by atoms with Gasteiger partial charge in [0, 0.05) is 7.11 Å². The van der Waals surface area contributed by atoms with Gasteiger partial charge in [-0.25, -0.2) is 0 Å². The molecule has 3 heteroatoms. The zero-order chi connectivity index (χ0) is 7.98. The molecule has 0 bridgehead atoms. The average molecular weight is 180 g/mol. The number of aliphatic hydroxyl groups is 1. The summed E-state index contributed by atoms with van der Waals surface area (Å²) in [5, 5.41) is 8.80. The van der Waals surface area contributed by atoms with Crippen LogP contribution in [0.15, 0.2) is 0 Å². The first-order chi connectivity index (χ1) is 4.66. The number of hydrogen-bond donors (Lipinski definition) is 1. The predicted octanol–water partition coefficient (Wildman–Crippen LogP) is 1.69. The second-order valence-electron chi connectivity index (χ2n) is 2.45. The number of rotatable bonds is 5. The Balaban J connectivity index is -0.000000405. The molecule has 0 aromatic carbocycles. The van der Waals surface area contributed by atoms with Crippen LogP contribution in [-0.4, -0.2) is 37.6 Å². The normalized spacial score (nSPS) is 14.0. The van der Waals surface area contributed by atoms with Gasteiger partial charge in [0.05, 0.1) is 25.4 Å². The van der Waals surface area contributed by atoms with E-state index in [1.165, 1.54) is 0 Å². The summed E-state index contributed by atoms with van der Waals surface area (Å²) in [6.07, 6.45) is -0.320. The molecule has 0 aromatic heterocycles. The minimum Gasteiger partial charge on any atom is -0.391 e. The second-order valence-corrected chi connectivity index (χ2v) is 2.45. The molecule has 2 atom stereocenters. The van der Waals surface area contributed by atoms with Crippen LogP contribution >= 0.6 is 0 Å². The molecule has 0 aliphatic carbocycles. The van der Waals surface area contributed by atoms with Gasteiger partial charge in [-0.15, -0.1) is 0 Å². The molecule has 0 radical (unpaired) electrons. The van der Waals surface area contributed by atoms with Crippen molar-refractivity contribution in [2.45, 2.75) is 40.9 Å². The molecule has 78 valence electrons. The van der Waals surface area contributed by atoms with Crippen molar-refractivity contribution < 1.29 is 14.6 Å². The summed E-state index contributed by atoms with van der Waals surface area (Å²) < 4.78 is 10.00. The largest absolute Gasteiger partial charge is 0.391 e. The van der Waals surface area contributed by atoms with E-state index in [4.69, 9.17) is 14.6 Å². The van der Waals surface area contributed by atoms with Gasteiger partial charge in [-0.3, -0.25) is 0 Å². The zero-order valence-corrected chi connectivity index (χ0v) is 6.83. The lowest BCUT2D eigenvalue weighted by atomic mass is 10.4. The first-order valence-electron chi connectivity index (χ1n) is 3.45. The van der Waals surface area contributed by atoms with E-state index in [-0.39, 0.29) is 27.1 Å². The first-order valence-corrected chi connectivity index (χ1v) is 3.45. The van der Waals surface area contributed by atoms with Crippen LogP contribution in [-0.2, 0) is 9.47 Å². The van der Waals surface area contributed by atoms with Gasteiger partial charge in [-0.1, -0.05) is 14.9 Å². The fourth-order valence-corrected chi connectivity index (χ4v) is 0.586. The highest BCUT2D eigenvalue weighted by atomic mass is 16.5. The summed E-state index contributed by atoms with van der Waals surface area (Å²) >= 11 is 0. The quantitative estimate of drug-likeness (QED) is 0.699. The topological polar surface area (TPSA) is 38.7 Å². The van der Waals surface area contributed by atoms with Crippen molar-refractivity contribution in [1.29, 1.82) is 0 Å². The third-order valence-electron chi connectivity index (χ3n) is 1.02. The molecule has 0 saturated carbocycles. The molecule has 0 rings (SSSR count). The first kappa shape index (κ1) is 17.8. The summed E-state index contributed by atoms with van der Waals surface area (Å²) in [6.45, 7) is 4.56. The van der Waals surface area contributed by atoms with Gasteiger partial charge in [-0.2, -0.15) is 0 Å². The van der Waals surface area contributed by atoms with Crippen molar-refractivity contribution in [3.05, 3.63) is 0 Å². The Kier molecular flexibility index (Phi) is 16.2. The van der Waals surface area contributed by atoms with Gasteiger partial charge in [0.15, 0.2) is 0 Å². The van der Waals surface area contributed by atoms with Gasteiger partial charge in [0.1, 0.15) is 0 Å². The van der Waals surface area contributed by atoms with Crippen molar-refractivity contribution in [2.24, 2.45) is 0 Å². The van der Waals surface area contributed by atoms with E-state index in [1.807, 2.05) is 6.92 Å². The molecule has 1 N–H and O–H groups in total. The maximum absolute atomic E-state index is 8.80. The maximum atomic E-state index is 8.80. The predicted molar refractivity (Wildman–Crippen MR) is 52.4 cm³/mol. The Morgan fingerprint density at radius 3 is 2.00 bits per heavy atom. The fraction of sp³-hybridized carbons (Fsp3) is 1.00. The summed E-state index contributed by atoms with van der Waals surface area (Å²) in [7, 11) is 1.63. The highest BCUT2D eigenvalue weighted by molar-refractivity contribution is 4.48. The summed E-state index contributed by atoms with van der Waals surface area (Å²) in [5.74, 6) is 0. The minimum absolute atomic E-state index is 0. The van der Waals surface area contributed by atoms with Crippen LogP contribution in [0.3, 0.4) is 0 Å². The molecule has 0 spiro atoms. The van der Waals surface area contributed by atoms with Crippen molar-refractivity contribution in [3.63, 3.8) is 0 Å². The standard InChI is InChI=1S/C7H16O3.2CH4/c1-6(8)4-10-7(2)5-9-3;;/h6-8H,4-5H2,1-3H3;2*1H4. The van der Waals surface area contributed by atoms with Gasteiger partial charge in [0.25, 0.3) is 0 Å². The Hall–Kier alpha value is -0.120. The van der Waals surface area contributed by atoms with Gasteiger partial charge in [-0.05, 0) is 13.8 Å². The van der Waals surface area contributed by atoms with Crippen LogP contribution in [0.2, 0.25) is 0 Å². The van der Waals surface area contributed by atoms with Crippen molar-refractivity contribution in [1.82, 2.24) is 0 Å². The number of ether oxygens (including phenoxy) is 2. The van der Waals surface area contributed by atoms with E-state index in [9.17, 15) is 0 Å². The monoisotopic (exact) mass is 180 g/mol. The molecular weight excluding hydrogens is 156 g/mol. The lowest BCUT2D eigenvalue weighted by Crippen LogP contribution is -2.20. The molecular formula is C9H24O3. The van der Waals surface area contributed by atoms with E-state index in [2.05, 4.69) is 0 Å². The van der Waals surface area contributed by atoms with Crippen molar-refractivity contribution in [2.75, 3.05) is 20.3 Å².